The molecular formula is C20H18N6O. The minimum Gasteiger partial charge on any atom is -0.492 e. The first-order valence-electron chi connectivity index (χ1n) is 8.63. The molecule has 0 amide bonds. The Kier molecular flexibility index (Phi) is 4.74. The highest BCUT2D eigenvalue weighted by molar-refractivity contribution is 5.91. The van der Waals surface area contributed by atoms with Crippen LogP contribution in [0.3, 0.4) is 0 Å². The van der Waals surface area contributed by atoms with Gasteiger partial charge in [-0.3, -0.25) is 4.98 Å². The van der Waals surface area contributed by atoms with E-state index >= 15 is 0 Å². The maximum Gasteiger partial charge on any atom is 0.249 e. The lowest BCUT2D eigenvalue weighted by atomic mass is 10.2. The molecule has 0 spiro atoms. The number of ether oxygens (including phenoxy) is 1. The number of fused-ring (bicyclic) bond motifs is 1. The van der Waals surface area contributed by atoms with Gasteiger partial charge in [0.05, 0.1) is 29.7 Å². The Bertz CT molecular complexity index is 1060. The van der Waals surface area contributed by atoms with Crippen LogP contribution in [-0.2, 0) is 0 Å². The quantitative estimate of drug-likeness (QED) is 0.531. The highest BCUT2D eigenvalue weighted by atomic mass is 16.5. The third kappa shape index (κ3) is 3.77. The van der Waals surface area contributed by atoms with Crippen molar-refractivity contribution in [1.29, 1.82) is 0 Å². The zero-order valence-electron chi connectivity index (χ0n) is 14.8. The summed E-state index contributed by atoms with van der Waals surface area (Å²) in [6.07, 6.45) is 3.34. The molecule has 0 atom stereocenters. The summed E-state index contributed by atoms with van der Waals surface area (Å²) in [4.78, 5) is 8.93. The van der Waals surface area contributed by atoms with Crippen molar-refractivity contribution < 1.29 is 4.74 Å². The number of hydrogen-bond acceptors (Lipinski definition) is 7. The summed E-state index contributed by atoms with van der Waals surface area (Å²) < 4.78 is 5.62. The number of rotatable bonds is 6. The number of benzene rings is 2. The average Bonchev–Trinajstić information content (AvgIpc) is 2.70. The molecule has 0 fully saturated rings. The predicted octanol–water partition coefficient (Wildman–Crippen LogP) is 4.31. The summed E-state index contributed by atoms with van der Waals surface area (Å²) in [5.41, 5.74) is 2.51. The van der Waals surface area contributed by atoms with Crippen LogP contribution in [-0.4, -0.2) is 26.8 Å². The van der Waals surface area contributed by atoms with Gasteiger partial charge >= 0.3 is 0 Å². The van der Waals surface area contributed by atoms with Crippen molar-refractivity contribution in [3.63, 3.8) is 0 Å². The van der Waals surface area contributed by atoms with Gasteiger partial charge in [0.25, 0.3) is 0 Å². The topological polar surface area (TPSA) is 84.9 Å². The summed E-state index contributed by atoms with van der Waals surface area (Å²) in [7, 11) is 0. The molecule has 2 heterocycles. The van der Waals surface area contributed by atoms with Crippen LogP contribution >= 0.6 is 0 Å². The Hall–Kier alpha value is -3.74. The van der Waals surface area contributed by atoms with E-state index in [1.807, 2.05) is 61.5 Å². The molecule has 4 rings (SSSR count). The Morgan fingerprint density at radius 1 is 0.926 bits per heavy atom. The van der Waals surface area contributed by atoms with Gasteiger partial charge in [-0.15, -0.1) is 5.10 Å². The van der Waals surface area contributed by atoms with Crippen LogP contribution in [0, 0.1) is 0 Å². The molecule has 2 aromatic carbocycles. The smallest absolute Gasteiger partial charge is 0.249 e. The van der Waals surface area contributed by atoms with E-state index in [0.717, 1.165) is 28.0 Å². The van der Waals surface area contributed by atoms with Gasteiger partial charge < -0.3 is 15.4 Å². The number of aromatic nitrogens is 4. The second kappa shape index (κ2) is 7.65. The molecular weight excluding hydrogens is 340 g/mol. The van der Waals surface area contributed by atoms with Crippen molar-refractivity contribution in [2.45, 2.75) is 6.92 Å². The summed E-state index contributed by atoms with van der Waals surface area (Å²) in [6.45, 7) is 2.52. The van der Waals surface area contributed by atoms with Crippen molar-refractivity contribution in [2.24, 2.45) is 0 Å². The standard InChI is InChI=1S/C20H18N6O/c1-2-27-17-11-4-3-9-15(17)24-20-25-18(13-22-26-20)23-16-10-5-7-14-8-6-12-21-19(14)16/h3-13H,2H2,1H3,(H2,23,24,25,26). The van der Waals surface area contributed by atoms with Crippen LogP contribution in [0.1, 0.15) is 6.92 Å². The van der Waals surface area contributed by atoms with Crippen LogP contribution in [0.2, 0.25) is 0 Å². The Balaban J connectivity index is 1.60. The molecule has 0 aliphatic carbocycles. The number of nitrogens with zero attached hydrogens (tertiary/aromatic N) is 4. The van der Waals surface area contributed by atoms with Crippen molar-refractivity contribution in [2.75, 3.05) is 17.2 Å². The third-order valence-electron chi connectivity index (χ3n) is 3.89. The van der Waals surface area contributed by atoms with Gasteiger partial charge in [0.1, 0.15) is 5.75 Å². The van der Waals surface area contributed by atoms with E-state index in [4.69, 9.17) is 4.74 Å². The molecule has 4 aromatic rings. The van der Waals surface area contributed by atoms with E-state index < -0.39 is 0 Å². The molecule has 2 aromatic heterocycles. The number of hydrogen-bond donors (Lipinski definition) is 2. The largest absolute Gasteiger partial charge is 0.492 e. The summed E-state index contributed by atoms with van der Waals surface area (Å²) in [5.74, 6) is 1.68. The summed E-state index contributed by atoms with van der Waals surface area (Å²) >= 11 is 0. The number of anilines is 4. The molecule has 0 saturated heterocycles. The van der Waals surface area contributed by atoms with Gasteiger partial charge in [0, 0.05) is 11.6 Å². The normalized spacial score (nSPS) is 10.6. The second-order valence-corrected chi connectivity index (χ2v) is 5.73. The fraction of sp³-hybridized carbons (Fsp3) is 0.100. The van der Waals surface area contributed by atoms with Crippen molar-refractivity contribution in [3.8, 4) is 5.75 Å². The minimum absolute atomic E-state index is 0.375. The van der Waals surface area contributed by atoms with E-state index in [1.165, 1.54) is 0 Å². The molecule has 0 radical (unpaired) electrons. The van der Waals surface area contributed by atoms with Gasteiger partial charge in [-0.2, -0.15) is 10.1 Å². The van der Waals surface area contributed by atoms with E-state index in [-0.39, 0.29) is 0 Å². The zero-order chi connectivity index (χ0) is 18.5. The highest BCUT2D eigenvalue weighted by Gasteiger charge is 2.08. The van der Waals surface area contributed by atoms with Gasteiger partial charge in [0.15, 0.2) is 5.82 Å². The number of nitrogens with one attached hydrogen (secondary N) is 2. The lowest BCUT2D eigenvalue weighted by Crippen LogP contribution is -2.04. The van der Waals surface area contributed by atoms with E-state index in [2.05, 4.69) is 30.8 Å². The number of para-hydroxylation sites is 3. The molecule has 0 aliphatic heterocycles. The first-order chi connectivity index (χ1) is 13.3. The molecule has 7 nitrogen and oxygen atoms in total. The van der Waals surface area contributed by atoms with Crippen LogP contribution in [0.4, 0.5) is 23.1 Å². The first kappa shape index (κ1) is 16.7. The van der Waals surface area contributed by atoms with Crippen LogP contribution in [0.5, 0.6) is 5.75 Å². The van der Waals surface area contributed by atoms with Crippen LogP contribution < -0.4 is 15.4 Å². The molecule has 2 N–H and O–H groups in total. The Morgan fingerprint density at radius 2 is 1.78 bits per heavy atom. The molecule has 7 heteroatoms. The van der Waals surface area contributed by atoms with E-state index in [9.17, 15) is 0 Å². The fourth-order valence-corrected chi connectivity index (χ4v) is 2.73. The lowest BCUT2D eigenvalue weighted by molar-refractivity contribution is 0.342. The highest BCUT2D eigenvalue weighted by Crippen LogP contribution is 2.27. The van der Waals surface area contributed by atoms with Crippen molar-refractivity contribution in [3.05, 3.63) is 67.0 Å². The third-order valence-corrected chi connectivity index (χ3v) is 3.89. The van der Waals surface area contributed by atoms with Gasteiger partial charge in [-0.25, -0.2) is 0 Å². The minimum atomic E-state index is 0.375. The van der Waals surface area contributed by atoms with E-state index in [1.54, 1.807) is 12.4 Å². The monoisotopic (exact) mass is 358 g/mol. The maximum atomic E-state index is 5.62. The first-order valence-corrected chi connectivity index (χ1v) is 8.63. The molecule has 27 heavy (non-hydrogen) atoms. The molecule has 0 unspecified atom stereocenters. The van der Waals surface area contributed by atoms with Gasteiger partial charge in [0.2, 0.25) is 5.95 Å². The van der Waals surface area contributed by atoms with Crippen LogP contribution in [0.15, 0.2) is 67.0 Å². The summed E-state index contributed by atoms with van der Waals surface area (Å²) in [5, 5.41) is 15.6. The van der Waals surface area contributed by atoms with Crippen molar-refractivity contribution >= 4 is 34.0 Å². The van der Waals surface area contributed by atoms with Crippen molar-refractivity contribution in [1.82, 2.24) is 20.2 Å². The molecule has 0 bridgehead atoms. The van der Waals surface area contributed by atoms with E-state index in [0.29, 0.717) is 18.4 Å². The fourth-order valence-electron chi connectivity index (χ4n) is 2.73. The van der Waals surface area contributed by atoms with Gasteiger partial charge in [-0.1, -0.05) is 30.3 Å². The van der Waals surface area contributed by atoms with Crippen LogP contribution in [0.25, 0.3) is 10.9 Å². The molecule has 0 saturated carbocycles. The maximum absolute atomic E-state index is 5.62. The second-order valence-electron chi connectivity index (χ2n) is 5.73. The predicted molar refractivity (Wildman–Crippen MR) is 106 cm³/mol. The number of pyridine rings is 1. The molecule has 134 valence electrons. The van der Waals surface area contributed by atoms with Gasteiger partial charge in [-0.05, 0) is 31.2 Å². The lowest BCUT2D eigenvalue weighted by Gasteiger charge is -2.12. The Morgan fingerprint density at radius 3 is 2.70 bits per heavy atom. The SMILES string of the molecule is CCOc1ccccc1Nc1nncc(Nc2cccc3cccnc23)n1. The average molecular weight is 358 g/mol. The zero-order valence-corrected chi connectivity index (χ0v) is 14.8. The Labute approximate surface area is 156 Å². The summed E-state index contributed by atoms with van der Waals surface area (Å²) in [6, 6.07) is 17.5. The molecule has 0 aliphatic rings.